The van der Waals surface area contributed by atoms with Crippen LogP contribution in [0.2, 0.25) is 0 Å². The molecule has 27 heavy (non-hydrogen) atoms. The minimum atomic E-state index is -5.31. The van der Waals surface area contributed by atoms with E-state index in [0.717, 1.165) is 48.5 Å². The van der Waals surface area contributed by atoms with Gasteiger partial charge in [-0.05, 0) is 43.3 Å². The van der Waals surface area contributed by atoms with Crippen LogP contribution in [0.4, 0.5) is 18.9 Å². The lowest BCUT2D eigenvalue weighted by Crippen LogP contribution is -2.46. The molecule has 2 aromatic rings. The van der Waals surface area contributed by atoms with E-state index in [9.17, 15) is 21.6 Å². The van der Waals surface area contributed by atoms with Gasteiger partial charge in [0.05, 0.1) is 24.5 Å². The smallest absolute Gasteiger partial charge is 0.319 e. The minimum Gasteiger partial charge on any atom is -0.319 e. The molecule has 0 aliphatic carbocycles. The Morgan fingerprint density at radius 1 is 1.11 bits per heavy atom. The molecule has 0 radical (unpaired) electrons. The van der Waals surface area contributed by atoms with Crippen molar-refractivity contribution in [1.29, 1.82) is 0 Å². The van der Waals surface area contributed by atoms with Crippen LogP contribution in [0, 0.1) is 0 Å². The van der Waals surface area contributed by atoms with Crippen molar-refractivity contribution in [2.45, 2.75) is 23.9 Å². The maximum absolute atomic E-state index is 12.7. The van der Waals surface area contributed by atoms with E-state index < -0.39 is 20.2 Å². The standard InChI is InChI=1S/C18H21F3N3O2S/c1-2-24(13-15-7-9-22-10-8-15)12-11-23(14-24)16-3-5-17(6-4-16)27(25,26)18(19,20)21/h3-10H,2,11-14H2,1H3/q+1. The van der Waals surface area contributed by atoms with Gasteiger partial charge in [0.2, 0.25) is 0 Å². The van der Waals surface area contributed by atoms with E-state index in [1.165, 1.54) is 17.7 Å². The lowest BCUT2D eigenvalue weighted by Gasteiger charge is -2.33. The van der Waals surface area contributed by atoms with Crippen molar-refractivity contribution in [3.63, 3.8) is 0 Å². The van der Waals surface area contributed by atoms with E-state index in [-0.39, 0.29) is 0 Å². The topological polar surface area (TPSA) is 50.3 Å². The van der Waals surface area contributed by atoms with Gasteiger partial charge in [-0.15, -0.1) is 0 Å². The number of pyridine rings is 1. The van der Waals surface area contributed by atoms with E-state index in [1.54, 1.807) is 12.4 Å². The third kappa shape index (κ3) is 3.93. The molecule has 1 fully saturated rings. The number of likely N-dealkylation sites (N-methyl/N-ethyl adjacent to an activating group) is 1. The number of alkyl halides is 3. The number of sulfone groups is 1. The molecule has 1 unspecified atom stereocenters. The van der Waals surface area contributed by atoms with Gasteiger partial charge < -0.3 is 9.38 Å². The first-order valence-corrected chi connectivity index (χ1v) is 10.1. The van der Waals surface area contributed by atoms with Crippen LogP contribution in [-0.2, 0) is 16.4 Å². The number of nitrogens with zero attached hydrogens (tertiary/aromatic N) is 3. The van der Waals surface area contributed by atoms with Crippen LogP contribution in [0.15, 0.2) is 53.7 Å². The molecule has 0 saturated carbocycles. The van der Waals surface area contributed by atoms with Crippen LogP contribution >= 0.6 is 0 Å². The Bertz CT molecular complexity index is 886. The van der Waals surface area contributed by atoms with Crippen LogP contribution in [0.5, 0.6) is 0 Å². The van der Waals surface area contributed by atoms with E-state index in [0.29, 0.717) is 6.67 Å². The molecule has 1 aromatic heterocycles. The van der Waals surface area contributed by atoms with Crippen molar-refractivity contribution < 1.29 is 26.1 Å². The van der Waals surface area contributed by atoms with Gasteiger partial charge in [-0.1, -0.05) is 0 Å². The molecule has 1 aliphatic heterocycles. The number of benzene rings is 1. The lowest BCUT2D eigenvalue weighted by atomic mass is 10.2. The predicted octanol–water partition coefficient (Wildman–Crippen LogP) is 3.19. The Labute approximate surface area is 156 Å². The second kappa shape index (κ2) is 7.12. The number of hydrogen-bond donors (Lipinski definition) is 0. The van der Waals surface area contributed by atoms with E-state index in [2.05, 4.69) is 16.8 Å². The maximum atomic E-state index is 12.7. The number of halogens is 3. The Morgan fingerprint density at radius 2 is 1.74 bits per heavy atom. The first-order chi connectivity index (χ1) is 12.7. The molecule has 1 aliphatic rings. The summed E-state index contributed by atoms with van der Waals surface area (Å²) in [7, 11) is -5.31. The highest BCUT2D eigenvalue weighted by atomic mass is 32.2. The Kier molecular flexibility index (Phi) is 5.18. The molecule has 0 bridgehead atoms. The number of hydrogen-bond acceptors (Lipinski definition) is 4. The van der Waals surface area contributed by atoms with E-state index in [1.807, 2.05) is 12.1 Å². The second-order valence-corrected chi connectivity index (χ2v) is 8.68. The molecule has 9 heteroatoms. The van der Waals surface area contributed by atoms with Crippen molar-refractivity contribution in [3.05, 3.63) is 54.4 Å². The number of rotatable bonds is 5. The summed E-state index contributed by atoms with van der Waals surface area (Å²) < 4.78 is 61.8. The Balaban J connectivity index is 1.77. The molecule has 0 N–H and O–H groups in total. The van der Waals surface area contributed by atoms with Gasteiger partial charge in [0, 0.05) is 23.6 Å². The van der Waals surface area contributed by atoms with Crippen molar-refractivity contribution in [3.8, 4) is 0 Å². The summed E-state index contributed by atoms with van der Waals surface area (Å²) >= 11 is 0. The molecule has 146 valence electrons. The van der Waals surface area contributed by atoms with Gasteiger partial charge in [0.1, 0.15) is 6.54 Å². The summed E-state index contributed by atoms with van der Waals surface area (Å²) in [5, 5.41) is 0. The summed E-state index contributed by atoms with van der Waals surface area (Å²) in [6.45, 7) is 6.25. The maximum Gasteiger partial charge on any atom is 0.501 e. The number of anilines is 1. The average molecular weight is 400 g/mol. The SMILES string of the molecule is CC[N+]1(Cc2ccncc2)CCN(c2ccc(S(=O)(=O)C(F)(F)F)cc2)C1. The van der Waals surface area contributed by atoms with Gasteiger partial charge in [-0.25, -0.2) is 8.42 Å². The van der Waals surface area contributed by atoms with Gasteiger partial charge in [0.25, 0.3) is 9.84 Å². The van der Waals surface area contributed by atoms with E-state index >= 15 is 0 Å². The highest BCUT2D eigenvalue weighted by molar-refractivity contribution is 7.92. The molecule has 1 atom stereocenters. The van der Waals surface area contributed by atoms with Crippen LogP contribution in [-0.4, -0.2) is 49.7 Å². The molecule has 3 rings (SSSR count). The zero-order valence-corrected chi connectivity index (χ0v) is 15.7. The molecular weight excluding hydrogens is 379 g/mol. The largest absolute Gasteiger partial charge is 0.501 e. The highest BCUT2D eigenvalue weighted by Gasteiger charge is 2.47. The molecule has 2 heterocycles. The summed E-state index contributed by atoms with van der Waals surface area (Å²) in [5.74, 6) is 0. The fourth-order valence-corrected chi connectivity index (χ4v) is 4.15. The van der Waals surface area contributed by atoms with Gasteiger partial charge in [0.15, 0.2) is 6.67 Å². The molecular formula is C18H21F3N3O2S+. The highest BCUT2D eigenvalue weighted by Crippen LogP contribution is 2.32. The molecule has 0 spiro atoms. The fourth-order valence-electron chi connectivity index (χ4n) is 3.39. The van der Waals surface area contributed by atoms with Crippen LogP contribution < -0.4 is 4.90 Å². The first kappa shape index (κ1) is 19.6. The predicted molar refractivity (Wildman–Crippen MR) is 95.5 cm³/mol. The van der Waals surface area contributed by atoms with E-state index in [4.69, 9.17) is 0 Å². The first-order valence-electron chi connectivity index (χ1n) is 8.57. The van der Waals surface area contributed by atoms with Gasteiger partial charge >= 0.3 is 5.51 Å². The number of aromatic nitrogens is 1. The monoisotopic (exact) mass is 400 g/mol. The summed E-state index contributed by atoms with van der Waals surface area (Å²) in [5.41, 5.74) is -3.39. The van der Waals surface area contributed by atoms with Crippen LogP contribution in [0.3, 0.4) is 0 Å². The average Bonchev–Trinajstić information content (AvgIpc) is 3.06. The Morgan fingerprint density at radius 3 is 2.30 bits per heavy atom. The minimum absolute atomic E-state index is 0.712. The summed E-state index contributed by atoms with van der Waals surface area (Å²) in [4.78, 5) is 5.38. The van der Waals surface area contributed by atoms with Crippen molar-refractivity contribution in [2.24, 2.45) is 0 Å². The molecule has 5 nitrogen and oxygen atoms in total. The zero-order chi connectivity index (χ0) is 19.7. The normalized spacial score (nSPS) is 20.8. The zero-order valence-electron chi connectivity index (χ0n) is 14.9. The second-order valence-electron chi connectivity index (χ2n) is 6.74. The fraction of sp³-hybridized carbons (Fsp3) is 0.389. The lowest BCUT2D eigenvalue weighted by molar-refractivity contribution is -0.927. The third-order valence-electron chi connectivity index (χ3n) is 5.07. The molecule has 0 amide bonds. The quantitative estimate of drug-likeness (QED) is 0.724. The molecule has 1 aromatic carbocycles. The summed E-state index contributed by atoms with van der Waals surface area (Å²) in [6, 6.07) is 8.91. The Hall–Kier alpha value is -2.13. The van der Waals surface area contributed by atoms with Gasteiger partial charge in [-0.3, -0.25) is 4.98 Å². The number of quaternary nitrogens is 1. The molecule has 1 saturated heterocycles. The van der Waals surface area contributed by atoms with Gasteiger partial charge in [-0.2, -0.15) is 13.2 Å². The summed E-state index contributed by atoms with van der Waals surface area (Å²) in [6.07, 6.45) is 3.52. The van der Waals surface area contributed by atoms with Crippen molar-refractivity contribution >= 4 is 15.5 Å². The van der Waals surface area contributed by atoms with Crippen LogP contribution in [0.1, 0.15) is 12.5 Å². The third-order valence-corrected chi connectivity index (χ3v) is 6.57. The van der Waals surface area contributed by atoms with Crippen molar-refractivity contribution in [1.82, 2.24) is 4.98 Å². The van der Waals surface area contributed by atoms with Crippen molar-refractivity contribution in [2.75, 3.05) is 31.2 Å². The van der Waals surface area contributed by atoms with Crippen LogP contribution in [0.25, 0.3) is 0 Å².